The molecular formula is C23H20N4O3S3. The molecule has 1 amide bonds. The average molecular weight is 497 g/mol. The first kappa shape index (κ1) is 23.1. The molecule has 1 aromatic carbocycles. The Kier molecular flexibility index (Phi) is 7.48. The molecule has 4 aromatic rings. The molecule has 0 atom stereocenters. The van der Waals surface area contributed by atoms with Gasteiger partial charge in [0.1, 0.15) is 15.7 Å². The van der Waals surface area contributed by atoms with Gasteiger partial charge in [-0.05, 0) is 49.6 Å². The average Bonchev–Trinajstić information content (AvgIpc) is 3.48. The van der Waals surface area contributed by atoms with Gasteiger partial charge in [-0.1, -0.05) is 30.0 Å². The van der Waals surface area contributed by atoms with E-state index in [9.17, 15) is 9.59 Å². The number of carbonyl (C=O) groups excluding carboxylic acids is 2. The van der Waals surface area contributed by atoms with Crippen molar-refractivity contribution >= 4 is 52.0 Å². The lowest BCUT2D eigenvalue weighted by atomic mass is 10.2. The summed E-state index contributed by atoms with van der Waals surface area (Å²) in [5.41, 5.74) is 2.41. The number of nitrogens with zero attached hydrogens (tertiary/aromatic N) is 3. The molecule has 4 rings (SSSR count). The summed E-state index contributed by atoms with van der Waals surface area (Å²) in [5.74, 6) is -0.586. The fourth-order valence-corrected chi connectivity index (χ4v) is 5.40. The summed E-state index contributed by atoms with van der Waals surface area (Å²) < 4.78 is 5.04. The van der Waals surface area contributed by atoms with Crippen LogP contribution >= 0.6 is 34.4 Å². The van der Waals surface area contributed by atoms with Crippen LogP contribution in [0.4, 0.5) is 5.69 Å². The van der Waals surface area contributed by atoms with Crippen molar-refractivity contribution in [3.8, 4) is 20.5 Å². The van der Waals surface area contributed by atoms with Gasteiger partial charge in [0, 0.05) is 0 Å². The topological polar surface area (TPSA) is 94.1 Å². The molecule has 1 N–H and O–H groups in total. The van der Waals surface area contributed by atoms with Gasteiger partial charge in [-0.3, -0.25) is 4.79 Å². The maximum Gasteiger partial charge on any atom is 0.340 e. The highest BCUT2D eigenvalue weighted by atomic mass is 32.2. The van der Waals surface area contributed by atoms with E-state index in [0.717, 1.165) is 26.1 Å². The molecule has 0 spiro atoms. The van der Waals surface area contributed by atoms with Crippen LogP contribution in [-0.4, -0.2) is 39.4 Å². The van der Waals surface area contributed by atoms with Crippen molar-refractivity contribution in [3.05, 3.63) is 65.2 Å². The fourth-order valence-electron chi connectivity index (χ4n) is 2.96. The number of hydrogen-bond donors (Lipinski definition) is 1. The molecule has 0 unspecified atom stereocenters. The zero-order chi connectivity index (χ0) is 23.2. The van der Waals surface area contributed by atoms with E-state index in [-0.39, 0.29) is 18.3 Å². The fraction of sp³-hybridized carbons (Fsp3) is 0.174. The van der Waals surface area contributed by atoms with Gasteiger partial charge in [0.2, 0.25) is 5.91 Å². The van der Waals surface area contributed by atoms with Crippen LogP contribution in [0.25, 0.3) is 20.5 Å². The van der Waals surface area contributed by atoms with E-state index < -0.39 is 5.97 Å². The highest BCUT2D eigenvalue weighted by Crippen LogP contribution is 2.36. The van der Waals surface area contributed by atoms with Gasteiger partial charge < -0.3 is 10.1 Å². The monoisotopic (exact) mass is 496 g/mol. The Hall–Kier alpha value is -3.08. The first-order valence-corrected chi connectivity index (χ1v) is 12.8. The van der Waals surface area contributed by atoms with E-state index in [1.807, 2.05) is 36.6 Å². The third-order valence-electron chi connectivity index (χ3n) is 4.45. The van der Waals surface area contributed by atoms with Crippen molar-refractivity contribution in [2.24, 2.45) is 0 Å². The third kappa shape index (κ3) is 5.65. The van der Waals surface area contributed by atoms with Crippen molar-refractivity contribution in [1.82, 2.24) is 15.2 Å². The van der Waals surface area contributed by atoms with Crippen molar-refractivity contribution in [1.29, 1.82) is 0 Å². The molecule has 0 aliphatic rings. The highest BCUT2D eigenvalue weighted by Gasteiger charge is 2.16. The second-order valence-electron chi connectivity index (χ2n) is 6.77. The summed E-state index contributed by atoms with van der Waals surface area (Å²) >= 11 is 4.52. The number of amides is 1. The van der Waals surface area contributed by atoms with Crippen LogP contribution in [-0.2, 0) is 9.53 Å². The summed E-state index contributed by atoms with van der Waals surface area (Å²) in [7, 11) is 0. The van der Waals surface area contributed by atoms with Crippen LogP contribution in [0.1, 0.15) is 23.0 Å². The van der Waals surface area contributed by atoms with Crippen LogP contribution in [0.15, 0.2) is 58.9 Å². The Morgan fingerprint density at radius 3 is 2.67 bits per heavy atom. The van der Waals surface area contributed by atoms with E-state index in [1.54, 1.807) is 53.9 Å². The van der Waals surface area contributed by atoms with Crippen LogP contribution in [0, 0.1) is 6.92 Å². The summed E-state index contributed by atoms with van der Waals surface area (Å²) in [6, 6.07) is 14.6. The van der Waals surface area contributed by atoms with Crippen LogP contribution in [0.5, 0.6) is 0 Å². The zero-order valence-electron chi connectivity index (χ0n) is 17.9. The van der Waals surface area contributed by atoms with Gasteiger partial charge >= 0.3 is 5.97 Å². The number of thioether (sulfide) groups is 1. The molecule has 0 saturated heterocycles. The second kappa shape index (κ2) is 10.7. The van der Waals surface area contributed by atoms with Gasteiger partial charge in [0.25, 0.3) is 0 Å². The maximum atomic E-state index is 12.4. The standard InChI is InChI=1S/C23H20N4O3S3/c1-3-30-23(29)15-7-4-5-8-16(15)25-19(28)13-32-20-11-10-17(26-27-20)21-14(2)24-22(33-21)18-9-6-12-31-18/h4-12H,3,13H2,1-2H3,(H,25,28). The molecule has 0 aliphatic carbocycles. The quantitative estimate of drug-likeness (QED) is 0.253. The van der Waals surface area contributed by atoms with Gasteiger partial charge in [0.05, 0.1) is 39.1 Å². The van der Waals surface area contributed by atoms with Crippen molar-refractivity contribution in [3.63, 3.8) is 0 Å². The first-order valence-electron chi connectivity index (χ1n) is 10.1. The maximum absolute atomic E-state index is 12.4. The molecule has 0 aliphatic heterocycles. The number of aryl methyl sites for hydroxylation is 1. The number of nitrogens with one attached hydrogen (secondary N) is 1. The van der Waals surface area contributed by atoms with Gasteiger partial charge in [-0.2, -0.15) is 0 Å². The SMILES string of the molecule is CCOC(=O)c1ccccc1NC(=O)CSc1ccc(-c2sc(-c3cccs3)nc2C)nn1. The second-order valence-corrected chi connectivity index (χ2v) is 9.71. The molecule has 3 heterocycles. The number of thiophene rings is 1. The number of anilines is 1. The molecule has 0 bridgehead atoms. The van der Waals surface area contributed by atoms with Crippen LogP contribution in [0.2, 0.25) is 0 Å². The lowest BCUT2D eigenvalue weighted by Crippen LogP contribution is -2.17. The highest BCUT2D eigenvalue weighted by molar-refractivity contribution is 7.99. The minimum atomic E-state index is -0.469. The summed E-state index contributed by atoms with van der Waals surface area (Å²) in [5, 5.41) is 15.0. The first-order chi connectivity index (χ1) is 16.0. The molecule has 168 valence electrons. The van der Waals surface area contributed by atoms with E-state index in [0.29, 0.717) is 16.3 Å². The number of hydrogen-bond acceptors (Lipinski definition) is 9. The van der Waals surface area contributed by atoms with Crippen LogP contribution < -0.4 is 5.32 Å². The Bertz CT molecular complexity index is 1250. The zero-order valence-corrected chi connectivity index (χ0v) is 20.4. The minimum Gasteiger partial charge on any atom is -0.462 e. The van der Waals surface area contributed by atoms with Crippen LogP contribution in [0.3, 0.4) is 0 Å². The number of benzene rings is 1. The lowest BCUT2D eigenvalue weighted by molar-refractivity contribution is -0.113. The summed E-state index contributed by atoms with van der Waals surface area (Å²) in [6.45, 7) is 3.97. The number of esters is 1. The Morgan fingerprint density at radius 2 is 1.94 bits per heavy atom. The van der Waals surface area contributed by atoms with E-state index >= 15 is 0 Å². The van der Waals surface area contributed by atoms with Gasteiger partial charge in [-0.15, -0.1) is 32.9 Å². The number of rotatable bonds is 8. The van der Waals surface area contributed by atoms with E-state index in [2.05, 4.69) is 20.5 Å². The number of para-hydroxylation sites is 1. The predicted molar refractivity (Wildman–Crippen MR) is 133 cm³/mol. The number of ether oxygens (including phenoxy) is 1. The summed E-state index contributed by atoms with van der Waals surface area (Å²) in [6.07, 6.45) is 0. The molecule has 0 fully saturated rings. The van der Waals surface area contributed by atoms with Crippen molar-refractivity contribution in [2.75, 3.05) is 17.7 Å². The third-order valence-corrected chi connectivity index (χ3v) is 7.59. The van der Waals surface area contributed by atoms with E-state index in [4.69, 9.17) is 4.74 Å². The molecular weight excluding hydrogens is 476 g/mol. The van der Waals surface area contributed by atoms with Crippen molar-refractivity contribution in [2.45, 2.75) is 18.9 Å². The number of thiazole rings is 1. The normalized spacial score (nSPS) is 10.7. The Balaban J connectivity index is 1.38. The smallest absolute Gasteiger partial charge is 0.340 e. The number of aromatic nitrogens is 3. The predicted octanol–water partition coefficient (Wildman–Crippen LogP) is 5.54. The molecule has 7 nitrogen and oxygen atoms in total. The van der Waals surface area contributed by atoms with Gasteiger partial charge in [-0.25, -0.2) is 9.78 Å². The molecule has 10 heteroatoms. The lowest BCUT2D eigenvalue weighted by Gasteiger charge is -2.10. The Morgan fingerprint density at radius 1 is 1.09 bits per heavy atom. The largest absolute Gasteiger partial charge is 0.462 e. The molecule has 3 aromatic heterocycles. The molecule has 33 heavy (non-hydrogen) atoms. The summed E-state index contributed by atoms with van der Waals surface area (Å²) in [4.78, 5) is 31.3. The van der Waals surface area contributed by atoms with Gasteiger partial charge in [0.15, 0.2) is 0 Å². The Labute approximate surface area is 203 Å². The van der Waals surface area contributed by atoms with Crippen molar-refractivity contribution < 1.29 is 14.3 Å². The molecule has 0 radical (unpaired) electrons. The molecule has 0 saturated carbocycles. The minimum absolute atomic E-state index is 0.132. The van der Waals surface area contributed by atoms with E-state index in [1.165, 1.54) is 11.8 Å². The number of carbonyl (C=O) groups is 2.